The Kier molecular flexibility index (Phi) is 5.32. The van der Waals surface area contributed by atoms with Gasteiger partial charge in [-0.2, -0.15) is 4.98 Å². The summed E-state index contributed by atoms with van der Waals surface area (Å²) in [5, 5.41) is 1.03. The molecule has 26 heavy (non-hydrogen) atoms. The summed E-state index contributed by atoms with van der Waals surface area (Å²) in [4.78, 5) is 20.3. The largest absolute Gasteiger partial charge is 0.463 e. The highest BCUT2D eigenvalue weighted by molar-refractivity contribution is 6.33. The highest BCUT2D eigenvalue weighted by Gasteiger charge is 2.17. The first-order valence-corrected chi connectivity index (χ1v) is 8.42. The Balaban J connectivity index is 1.96. The van der Waals surface area contributed by atoms with Crippen molar-refractivity contribution < 1.29 is 18.7 Å². The molecule has 2 aromatic heterocycles. The van der Waals surface area contributed by atoms with Crippen molar-refractivity contribution in [1.82, 2.24) is 9.97 Å². The highest BCUT2D eigenvalue weighted by atomic mass is 35.5. The summed E-state index contributed by atoms with van der Waals surface area (Å²) in [6.07, 6.45) is 0.803. The first kappa shape index (κ1) is 18.1. The molecule has 0 amide bonds. The van der Waals surface area contributed by atoms with Crippen molar-refractivity contribution in [3.05, 3.63) is 53.4 Å². The number of fused-ring (bicyclic) bond motifs is 1. The van der Waals surface area contributed by atoms with Gasteiger partial charge in [0.15, 0.2) is 11.8 Å². The monoisotopic (exact) mass is 374 g/mol. The van der Waals surface area contributed by atoms with E-state index in [-0.39, 0.29) is 12.5 Å². The minimum Gasteiger partial charge on any atom is -0.463 e. The molecule has 0 N–H and O–H groups in total. The second-order valence-corrected chi connectivity index (χ2v) is 5.92. The molecule has 0 fully saturated rings. The maximum absolute atomic E-state index is 13.3. The van der Waals surface area contributed by atoms with Crippen LogP contribution in [0.5, 0.6) is 5.88 Å². The minimum absolute atomic E-state index is 0.257. The van der Waals surface area contributed by atoms with E-state index in [1.165, 1.54) is 12.1 Å². The van der Waals surface area contributed by atoms with Crippen LogP contribution in [0.3, 0.4) is 0 Å². The van der Waals surface area contributed by atoms with Crippen LogP contribution in [0.4, 0.5) is 4.39 Å². The Morgan fingerprint density at radius 3 is 2.77 bits per heavy atom. The summed E-state index contributed by atoms with van der Waals surface area (Å²) in [7, 11) is 0. The molecule has 5 nitrogen and oxygen atoms in total. The molecule has 0 saturated heterocycles. The first-order chi connectivity index (χ1) is 12.5. The Labute approximate surface area is 154 Å². The second-order valence-electron chi connectivity index (χ2n) is 5.52. The fourth-order valence-electron chi connectivity index (χ4n) is 2.51. The van der Waals surface area contributed by atoms with Gasteiger partial charge in [-0.1, -0.05) is 11.6 Å². The van der Waals surface area contributed by atoms with E-state index in [1.807, 2.05) is 0 Å². The number of esters is 1. The van der Waals surface area contributed by atoms with Gasteiger partial charge in [0.25, 0.3) is 0 Å². The lowest BCUT2D eigenvalue weighted by Gasteiger charge is -2.13. The van der Waals surface area contributed by atoms with Gasteiger partial charge >= 0.3 is 5.97 Å². The molecule has 0 aliphatic carbocycles. The van der Waals surface area contributed by atoms with Crippen LogP contribution >= 0.6 is 11.6 Å². The molecule has 3 rings (SSSR count). The summed E-state index contributed by atoms with van der Waals surface area (Å²) in [6, 6.07) is 9.41. The molecule has 0 radical (unpaired) electrons. The van der Waals surface area contributed by atoms with Gasteiger partial charge in [-0.3, -0.25) is 0 Å². The Morgan fingerprint density at radius 2 is 2.04 bits per heavy atom. The summed E-state index contributed by atoms with van der Waals surface area (Å²) >= 11 is 6.17. The zero-order valence-corrected chi connectivity index (χ0v) is 15.0. The van der Waals surface area contributed by atoms with Crippen molar-refractivity contribution >= 4 is 28.6 Å². The summed E-state index contributed by atoms with van der Waals surface area (Å²) < 4.78 is 23.7. The van der Waals surface area contributed by atoms with Crippen LogP contribution in [0.1, 0.15) is 13.8 Å². The number of halogens is 2. The number of hydrogen-bond donors (Lipinski definition) is 0. The van der Waals surface area contributed by atoms with Gasteiger partial charge in [-0.05, 0) is 49.7 Å². The maximum atomic E-state index is 13.3. The number of pyridine rings is 2. The molecule has 1 atom stereocenters. The SMILES string of the molecule is CCOC(=O)C(C)Oc1ccc2c(-c3ccc(F)cc3Cl)ccnc2n1. The predicted octanol–water partition coefficient (Wildman–Crippen LogP) is 4.42. The van der Waals surface area contributed by atoms with Gasteiger partial charge in [0.2, 0.25) is 5.88 Å². The van der Waals surface area contributed by atoms with E-state index >= 15 is 0 Å². The minimum atomic E-state index is -0.783. The summed E-state index contributed by atoms with van der Waals surface area (Å²) in [5.41, 5.74) is 1.88. The molecule has 7 heteroatoms. The van der Waals surface area contributed by atoms with Gasteiger partial charge in [0.1, 0.15) is 5.82 Å². The lowest BCUT2D eigenvalue weighted by atomic mass is 10.0. The lowest BCUT2D eigenvalue weighted by molar-refractivity contribution is -0.150. The smallest absolute Gasteiger partial charge is 0.347 e. The average molecular weight is 375 g/mol. The van der Waals surface area contributed by atoms with Crippen LogP contribution in [-0.4, -0.2) is 28.6 Å². The number of rotatable bonds is 5. The Morgan fingerprint density at radius 1 is 1.23 bits per heavy atom. The number of carbonyl (C=O) groups is 1. The molecule has 0 aliphatic rings. The van der Waals surface area contributed by atoms with E-state index in [0.29, 0.717) is 16.2 Å². The van der Waals surface area contributed by atoms with E-state index in [0.717, 1.165) is 10.9 Å². The number of carbonyl (C=O) groups excluding carboxylic acids is 1. The zero-order valence-electron chi connectivity index (χ0n) is 14.2. The number of benzene rings is 1. The number of hydrogen-bond acceptors (Lipinski definition) is 5. The quantitative estimate of drug-likeness (QED) is 0.619. The molecule has 0 saturated carbocycles. The molecule has 3 aromatic rings. The van der Waals surface area contributed by atoms with Crippen molar-refractivity contribution in [1.29, 1.82) is 0 Å². The van der Waals surface area contributed by atoms with Gasteiger partial charge in [-0.25, -0.2) is 14.2 Å². The van der Waals surface area contributed by atoms with E-state index in [1.54, 1.807) is 44.3 Å². The van der Waals surface area contributed by atoms with Gasteiger partial charge < -0.3 is 9.47 Å². The fourth-order valence-corrected chi connectivity index (χ4v) is 2.78. The zero-order chi connectivity index (χ0) is 18.7. The molecule has 0 aliphatic heterocycles. The predicted molar refractivity (Wildman–Crippen MR) is 96.7 cm³/mol. The van der Waals surface area contributed by atoms with Gasteiger partial charge in [-0.15, -0.1) is 0 Å². The van der Waals surface area contributed by atoms with E-state index < -0.39 is 17.9 Å². The molecule has 1 unspecified atom stereocenters. The molecule has 134 valence electrons. The average Bonchev–Trinajstić information content (AvgIpc) is 2.61. The number of aromatic nitrogens is 2. The highest BCUT2D eigenvalue weighted by Crippen LogP contribution is 2.33. The number of ether oxygens (including phenoxy) is 2. The standard InChI is InChI=1S/C19H16ClFN2O3/c1-3-25-19(24)11(2)26-17-7-6-15-13(8-9-22-18(15)23-17)14-5-4-12(21)10-16(14)20/h4-11H,3H2,1-2H3. The van der Waals surface area contributed by atoms with Crippen molar-refractivity contribution in [2.45, 2.75) is 20.0 Å². The van der Waals surface area contributed by atoms with Gasteiger partial charge in [0, 0.05) is 23.2 Å². The third kappa shape index (κ3) is 3.75. The summed E-state index contributed by atoms with van der Waals surface area (Å²) in [5.74, 6) is -0.610. The molecule has 1 aromatic carbocycles. The van der Waals surface area contributed by atoms with Crippen molar-refractivity contribution in [3.63, 3.8) is 0 Å². The van der Waals surface area contributed by atoms with Crippen LogP contribution < -0.4 is 4.74 Å². The molecule has 2 heterocycles. The molecular weight excluding hydrogens is 359 g/mol. The van der Waals surface area contributed by atoms with Crippen molar-refractivity contribution in [3.8, 4) is 17.0 Å². The van der Waals surface area contributed by atoms with Crippen LogP contribution in [0.2, 0.25) is 5.02 Å². The van der Waals surface area contributed by atoms with E-state index in [9.17, 15) is 9.18 Å². The summed E-state index contributed by atoms with van der Waals surface area (Å²) in [6.45, 7) is 3.60. The van der Waals surface area contributed by atoms with Crippen LogP contribution in [0, 0.1) is 5.82 Å². The number of nitrogens with zero attached hydrogens (tertiary/aromatic N) is 2. The topological polar surface area (TPSA) is 61.3 Å². The van der Waals surface area contributed by atoms with E-state index in [4.69, 9.17) is 21.1 Å². The van der Waals surface area contributed by atoms with Crippen molar-refractivity contribution in [2.75, 3.05) is 6.61 Å². The van der Waals surface area contributed by atoms with Crippen LogP contribution in [-0.2, 0) is 9.53 Å². The second kappa shape index (κ2) is 7.66. The normalized spacial score (nSPS) is 12.0. The van der Waals surface area contributed by atoms with Crippen LogP contribution in [0.15, 0.2) is 42.6 Å². The third-order valence-corrected chi connectivity index (χ3v) is 4.03. The third-order valence-electron chi connectivity index (χ3n) is 3.72. The van der Waals surface area contributed by atoms with Crippen LogP contribution in [0.25, 0.3) is 22.2 Å². The maximum Gasteiger partial charge on any atom is 0.347 e. The lowest BCUT2D eigenvalue weighted by Crippen LogP contribution is -2.26. The van der Waals surface area contributed by atoms with Crippen molar-refractivity contribution in [2.24, 2.45) is 0 Å². The Hall–Kier alpha value is -2.73. The van der Waals surface area contributed by atoms with E-state index in [2.05, 4.69) is 9.97 Å². The fraction of sp³-hybridized carbons (Fsp3) is 0.211. The van der Waals surface area contributed by atoms with Gasteiger partial charge in [0.05, 0.1) is 11.6 Å². The Bertz CT molecular complexity index is 965. The molecule has 0 bridgehead atoms. The molecular formula is C19H16ClFN2O3. The molecule has 0 spiro atoms. The first-order valence-electron chi connectivity index (χ1n) is 8.04.